The van der Waals surface area contributed by atoms with Crippen molar-refractivity contribution in [3.05, 3.63) is 48.0 Å². The second kappa shape index (κ2) is 7.95. The van der Waals surface area contributed by atoms with Crippen LogP contribution < -0.4 is 5.32 Å². The Morgan fingerprint density at radius 1 is 1.33 bits per heavy atom. The Labute approximate surface area is 143 Å². The Balaban J connectivity index is 1.61. The second-order valence-corrected chi connectivity index (χ2v) is 6.32. The van der Waals surface area contributed by atoms with E-state index in [2.05, 4.69) is 57.7 Å². The number of rotatable bonds is 5. The summed E-state index contributed by atoms with van der Waals surface area (Å²) in [7, 11) is 1.95. The van der Waals surface area contributed by atoms with Crippen molar-refractivity contribution >= 4 is 5.96 Å². The summed E-state index contributed by atoms with van der Waals surface area (Å²) in [6.45, 7) is 5.65. The predicted octanol–water partition coefficient (Wildman–Crippen LogP) is 1.85. The van der Waals surface area contributed by atoms with Gasteiger partial charge in [0.1, 0.15) is 12.9 Å². The van der Waals surface area contributed by atoms with Crippen LogP contribution >= 0.6 is 0 Å². The third-order valence-corrected chi connectivity index (χ3v) is 4.46. The first-order valence-electron chi connectivity index (χ1n) is 8.66. The highest BCUT2D eigenvalue weighted by Crippen LogP contribution is 2.21. The smallest absolute Gasteiger partial charge is 0.194 e. The Bertz CT molecular complexity index is 663. The molecule has 0 bridgehead atoms. The quantitative estimate of drug-likeness (QED) is 0.673. The fraction of sp³-hybridized carbons (Fsp3) is 0.500. The van der Waals surface area contributed by atoms with E-state index in [-0.39, 0.29) is 0 Å². The lowest BCUT2D eigenvalue weighted by atomic mass is 9.99. The molecule has 0 radical (unpaired) electrons. The number of aliphatic imine (C=N–C) groups is 1. The van der Waals surface area contributed by atoms with Gasteiger partial charge in [0.05, 0.1) is 0 Å². The van der Waals surface area contributed by atoms with Crippen molar-refractivity contribution in [2.75, 3.05) is 19.6 Å². The molecule has 1 aliphatic rings. The average Bonchev–Trinajstić information content (AvgIpc) is 3.22. The van der Waals surface area contributed by atoms with Crippen LogP contribution in [-0.2, 0) is 20.0 Å². The highest BCUT2D eigenvalue weighted by atomic mass is 15.3. The van der Waals surface area contributed by atoms with E-state index in [9.17, 15) is 0 Å². The summed E-state index contributed by atoms with van der Waals surface area (Å²) < 4.78 is 1.91. The number of guanidine groups is 1. The van der Waals surface area contributed by atoms with E-state index in [1.165, 1.54) is 12.0 Å². The van der Waals surface area contributed by atoms with Crippen LogP contribution in [0, 0.1) is 5.92 Å². The number of likely N-dealkylation sites (tertiary alicyclic amines) is 1. The molecule has 1 aromatic heterocycles. The van der Waals surface area contributed by atoms with E-state index < -0.39 is 0 Å². The molecule has 6 nitrogen and oxygen atoms in total. The number of aromatic nitrogens is 3. The molecule has 0 saturated carbocycles. The highest BCUT2D eigenvalue weighted by molar-refractivity contribution is 5.80. The van der Waals surface area contributed by atoms with Gasteiger partial charge in [0.2, 0.25) is 0 Å². The van der Waals surface area contributed by atoms with Crippen molar-refractivity contribution in [1.82, 2.24) is 25.0 Å². The molecule has 2 aromatic rings. The largest absolute Gasteiger partial charge is 0.357 e. The van der Waals surface area contributed by atoms with E-state index in [1.807, 2.05) is 11.6 Å². The van der Waals surface area contributed by atoms with Crippen LogP contribution in [0.25, 0.3) is 0 Å². The van der Waals surface area contributed by atoms with Gasteiger partial charge in [-0.25, -0.2) is 4.99 Å². The Morgan fingerprint density at radius 2 is 2.17 bits per heavy atom. The van der Waals surface area contributed by atoms with Gasteiger partial charge in [-0.05, 0) is 31.2 Å². The van der Waals surface area contributed by atoms with Crippen LogP contribution in [0.2, 0.25) is 0 Å². The summed E-state index contributed by atoms with van der Waals surface area (Å²) in [5, 5.41) is 11.4. The molecular formula is C18H26N6. The van der Waals surface area contributed by atoms with Gasteiger partial charge in [-0.2, -0.15) is 0 Å². The molecule has 6 heteroatoms. The lowest BCUT2D eigenvalue weighted by Gasteiger charge is -2.21. The molecule has 1 saturated heterocycles. The Hall–Kier alpha value is -2.37. The molecule has 1 unspecified atom stereocenters. The number of aryl methyl sites for hydroxylation is 1. The third kappa shape index (κ3) is 4.13. The van der Waals surface area contributed by atoms with Crippen LogP contribution in [0.1, 0.15) is 24.7 Å². The molecule has 24 heavy (non-hydrogen) atoms. The van der Waals surface area contributed by atoms with Gasteiger partial charge in [0.25, 0.3) is 0 Å². The zero-order chi connectivity index (χ0) is 16.8. The molecule has 0 spiro atoms. The molecule has 2 heterocycles. The molecule has 1 aromatic carbocycles. The molecule has 0 aliphatic carbocycles. The maximum Gasteiger partial charge on any atom is 0.194 e. The van der Waals surface area contributed by atoms with Crippen LogP contribution in [0.15, 0.2) is 41.7 Å². The maximum absolute atomic E-state index is 4.75. The van der Waals surface area contributed by atoms with Crippen molar-refractivity contribution in [3.8, 4) is 0 Å². The zero-order valence-corrected chi connectivity index (χ0v) is 14.5. The van der Waals surface area contributed by atoms with Gasteiger partial charge in [0.15, 0.2) is 11.8 Å². The summed E-state index contributed by atoms with van der Waals surface area (Å²) in [5.41, 5.74) is 1.42. The highest BCUT2D eigenvalue weighted by Gasteiger charge is 2.25. The fourth-order valence-electron chi connectivity index (χ4n) is 3.16. The molecular weight excluding hydrogens is 300 g/mol. The van der Waals surface area contributed by atoms with Gasteiger partial charge in [-0.3, -0.25) is 0 Å². The topological polar surface area (TPSA) is 58.3 Å². The predicted molar refractivity (Wildman–Crippen MR) is 95.6 cm³/mol. The number of nitrogens with zero attached hydrogens (tertiary/aromatic N) is 5. The van der Waals surface area contributed by atoms with Crippen molar-refractivity contribution in [2.45, 2.75) is 26.3 Å². The van der Waals surface area contributed by atoms with Gasteiger partial charge in [-0.15, -0.1) is 10.2 Å². The van der Waals surface area contributed by atoms with E-state index in [0.717, 1.165) is 37.8 Å². The van der Waals surface area contributed by atoms with Crippen molar-refractivity contribution in [3.63, 3.8) is 0 Å². The standard InChI is InChI=1S/C18H26N6/c1-3-19-18(20-12-17-22-21-14-23(17)2)24-10-9-16(13-24)11-15-7-5-4-6-8-15/h4-8,14,16H,3,9-13H2,1-2H3,(H,19,20). The van der Waals surface area contributed by atoms with E-state index in [0.29, 0.717) is 12.5 Å². The first-order chi connectivity index (χ1) is 11.8. The molecule has 1 aliphatic heterocycles. The monoisotopic (exact) mass is 326 g/mol. The number of hydrogen-bond donors (Lipinski definition) is 1. The molecule has 128 valence electrons. The minimum atomic E-state index is 0.554. The van der Waals surface area contributed by atoms with Crippen LogP contribution in [0.5, 0.6) is 0 Å². The number of nitrogens with one attached hydrogen (secondary N) is 1. The molecule has 1 N–H and O–H groups in total. The minimum Gasteiger partial charge on any atom is -0.357 e. The van der Waals surface area contributed by atoms with Gasteiger partial charge < -0.3 is 14.8 Å². The van der Waals surface area contributed by atoms with Gasteiger partial charge in [0, 0.05) is 26.7 Å². The summed E-state index contributed by atoms with van der Waals surface area (Å²) in [5.74, 6) is 2.55. The SMILES string of the molecule is CCNC(=NCc1nncn1C)N1CCC(Cc2ccccc2)C1. The zero-order valence-electron chi connectivity index (χ0n) is 14.5. The van der Waals surface area contributed by atoms with Crippen LogP contribution in [-0.4, -0.2) is 45.3 Å². The van der Waals surface area contributed by atoms with Crippen LogP contribution in [0.4, 0.5) is 0 Å². The molecule has 3 rings (SSSR count). The van der Waals surface area contributed by atoms with E-state index in [4.69, 9.17) is 4.99 Å². The van der Waals surface area contributed by atoms with E-state index in [1.54, 1.807) is 6.33 Å². The first kappa shape index (κ1) is 16.5. The summed E-state index contributed by atoms with van der Waals surface area (Å²) in [6.07, 6.45) is 4.06. The van der Waals surface area contributed by atoms with Crippen molar-refractivity contribution < 1.29 is 0 Å². The Kier molecular flexibility index (Phi) is 5.46. The number of hydrogen-bond acceptors (Lipinski definition) is 3. The summed E-state index contributed by atoms with van der Waals surface area (Å²) in [4.78, 5) is 7.12. The second-order valence-electron chi connectivity index (χ2n) is 6.32. The molecule has 0 amide bonds. The number of benzene rings is 1. The van der Waals surface area contributed by atoms with Crippen LogP contribution in [0.3, 0.4) is 0 Å². The normalized spacial score (nSPS) is 18.2. The lowest BCUT2D eigenvalue weighted by molar-refractivity contribution is 0.459. The first-order valence-corrected chi connectivity index (χ1v) is 8.66. The van der Waals surface area contributed by atoms with Gasteiger partial charge in [-0.1, -0.05) is 30.3 Å². The third-order valence-electron chi connectivity index (χ3n) is 4.46. The summed E-state index contributed by atoms with van der Waals surface area (Å²) >= 11 is 0. The fourth-order valence-corrected chi connectivity index (χ4v) is 3.16. The lowest BCUT2D eigenvalue weighted by Crippen LogP contribution is -2.40. The average molecular weight is 326 g/mol. The summed E-state index contributed by atoms with van der Waals surface area (Å²) in [6, 6.07) is 10.8. The molecule has 1 fully saturated rings. The van der Waals surface area contributed by atoms with Gasteiger partial charge >= 0.3 is 0 Å². The molecule has 1 atom stereocenters. The Morgan fingerprint density at radius 3 is 2.88 bits per heavy atom. The maximum atomic E-state index is 4.75. The minimum absolute atomic E-state index is 0.554. The van der Waals surface area contributed by atoms with Crippen molar-refractivity contribution in [2.24, 2.45) is 18.0 Å². The van der Waals surface area contributed by atoms with E-state index >= 15 is 0 Å². The van der Waals surface area contributed by atoms with Crippen molar-refractivity contribution in [1.29, 1.82) is 0 Å².